The SMILES string of the molecule is CC(=O)c1cccc(Nc2ccc(C(=O)Nc3cc(Cl)ccc3C)nc2)c1. The molecule has 136 valence electrons. The van der Waals surface area contributed by atoms with Crippen LogP contribution in [0.5, 0.6) is 0 Å². The smallest absolute Gasteiger partial charge is 0.274 e. The van der Waals surface area contributed by atoms with Gasteiger partial charge in [-0.2, -0.15) is 0 Å². The number of hydrogen-bond donors (Lipinski definition) is 2. The number of aryl methyl sites for hydroxylation is 1. The summed E-state index contributed by atoms with van der Waals surface area (Å²) in [5.41, 5.74) is 3.97. The van der Waals surface area contributed by atoms with E-state index in [0.29, 0.717) is 22.0 Å². The first-order valence-corrected chi connectivity index (χ1v) is 8.72. The molecule has 5 nitrogen and oxygen atoms in total. The van der Waals surface area contributed by atoms with Gasteiger partial charge in [0, 0.05) is 22.0 Å². The summed E-state index contributed by atoms with van der Waals surface area (Å²) in [5, 5.41) is 6.53. The highest BCUT2D eigenvalue weighted by atomic mass is 35.5. The van der Waals surface area contributed by atoms with Crippen molar-refractivity contribution >= 4 is 40.4 Å². The van der Waals surface area contributed by atoms with Gasteiger partial charge in [0.15, 0.2) is 5.78 Å². The molecule has 0 saturated carbocycles. The number of benzene rings is 2. The van der Waals surface area contributed by atoms with Gasteiger partial charge in [-0.05, 0) is 55.8 Å². The molecule has 2 aromatic carbocycles. The minimum atomic E-state index is -0.314. The molecule has 0 radical (unpaired) electrons. The van der Waals surface area contributed by atoms with E-state index >= 15 is 0 Å². The van der Waals surface area contributed by atoms with Crippen LogP contribution in [0, 0.1) is 6.92 Å². The quantitative estimate of drug-likeness (QED) is 0.594. The van der Waals surface area contributed by atoms with Crippen LogP contribution in [0.3, 0.4) is 0 Å². The highest BCUT2D eigenvalue weighted by molar-refractivity contribution is 6.31. The van der Waals surface area contributed by atoms with Gasteiger partial charge >= 0.3 is 0 Å². The van der Waals surface area contributed by atoms with Crippen LogP contribution in [0.15, 0.2) is 60.8 Å². The minimum Gasteiger partial charge on any atom is -0.354 e. The second-order valence-electron chi connectivity index (χ2n) is 6.11. The third-order valence-electron chi connectivity index (χ3n) is 4.00. The standard InChI is InChI=1S/C21H18ClN3O2/c1-13-6-7-16(22)11-20(13)25-21(27)19-9-8-18(12-23-19)24-17-5-3-4-15(10-17)14(2)26/h3-12,24H,1-2H3,(H,25,27). The lowest BCUT2D eigenvalue weighted by atomic mass is 10.1. The number of hydrogen-bond acceptors (Lipinski definition) is 4. The van der Waals surface area contributed by atoms with Crippen molar-refractivity contribution in [2.45, 2.75) is 13.8 Å². The summed E-state index contributed by atoms with van der Waals surface area (Å²) >= 11 is 5.98. The number of ketones is 1. The summed E-state index contributed by atoms with van der Waals surface area (Å²) in [6, 6.07) is 15.9. The molecule has 0 aliphatic heterocycles. The molecule has 0 unspecified atom stereocenters. The molecule has 0 fully saturated rings. The zero-order chi connectivity index (χ0) is 19.4. The van der Waals surface area contributed by atoms with E-state index < -0.39 is 0 Å². The van der Waals surface area contributed by atoms with Gasteiger partial charge in [-0.3, -0.25) is 9.59 Å². The lowest BCUT2D eigenvalue weighted by Gasteiger charge is -2.10. The van der Waals surface area contributed by atoms with Crippen molar-refractivity contribution in [2.75, 3.05) is 10.6 Å². The molecule has 0 atom stereocenters. The van der Waals surface area contributed by atoms with Crippen molar-refractivity contribution < 1.29 is 9.59 Å². The Bertz CT molecular complexity index is 1000. The molecule has 3 rings (SSSR count). The van der Waals surface area contributed by atoms with Crippen LogP contribution < -0.4 is 10.6 Å². The Kier molecular flexibility index (Phi) is 5.52. The van der Waals surface area contributed by atoms with E-state index in [2.05, 4.69) is 15.6 Å². The van der Waals surface area contributed by atoms with Crippen molar-refractivity contribution in [3.63, 3.8) is 0 Å². The molecule has 3 aromatic rings. The molecule has 1 heterocycles. The Labute approximate surface area is 162 Å². The third kappa shape index (κ3) is 4.71. The van der Waals surface area contributed by atoms with Crippen LogP contribution in [-0.4, -0.2) is 16.7 Å². The van der Waals surface area contributed by atoms with E-state index in [0.717, 1.165) is 11.3 Å². The Hall–Kier alpha value is -3.18. The molecule has 6 heteroatoms. The van der Waals surface area contributed by atoms with Crippen molar-refractivity contribution in [1.29, 1.82) is 0 Å². The fourth-order valence-electron chi connectivity index (χ4n) is 2.50. The number of carbonyl (C=O) groups excluding carboxylic acids is 2. The number of aromatic nitrogens is 1. The Morgan fingerprint density at radius 1 is 1.00 bits per heavy atom. The molecule has 0 aliphatic rings. The third-order valence-corrected chi connectivity index (χ3v) is 4.24. The Morgan fingerprint density at radius 3 is 2.52 bits per heavy atom. The van der Waals surface area contributed by atoms with Crippen molar-refractivity contribution in [2.24, 2.45) is 0 Å². The fraction of sp³-hybridized carbons (Fsp3) is 0.0952. The summed E-state index contributed by atoms with van der Waals surface area (Å²) in [6.45, 7) is 3.41. The van der Waals surface area contributed by atoms with Gasteiger partial charge in [0.2, 0.25) is 0 Å². The first kappa shape index (κ1) is 18.6. The van der Waals surface area contributed by atoms with E-state index in [4.69, 9.17) is 11.6 Å². The first-order chi connectivity index (χ1) is 12.9. The lowest BCUT2D eigenvalue weighted by molar-refractivity contribution is 0.101. The number of Topliss-reactive ketones (excluding diaryl/α,β-unsaturated/α-hetero) is 1. The topological polar surface area (TPSA) is 71.1 Å². The van der Waals surface area contributed by atoms with Crippen LogP contribution in [0.4, 0.5) is 17.1 Å². The maximum Gasteiger partial charge on any atom is 0.274 e. The minimum absolute atomic E-state index is 0.0000952. The van der Waals surface area contributed by atoms with Crippen LogP contribution in [-0.2, 0) is 0 Å². The van der Waals surface area contributed by atoms with Gasteiger partial charge in [-0.1, -0.05) is 29.8 Å². The van der Waals surface area contributed by atoms with E-state index in [-0.39, 0.29) is 17.4 Å². The number of nitrogens with zero attached hydrogens (tertiary/aromatic N) is 1. The predicted octanol–water partition coefficient (Wildman–Crippen LogP) is 5.24. The van der Waals surface area contributed by atoms with E-state index in [1.165, 1.54) is 6.92 Å². The van der Waals surface area contributed by atoms with Crippen LogP contribution in [0.25, 0.3) is 0 Å². The van der Waals surface area contributed by atoms with Gasteiger partial charge in [0.05, 0.1) is 11.9 Å². The second-order valence-corrected chi connectivity index (χ2v) is 6.54. The number of pyridine rings is 1. The summed E-state index contributed by atoms with van der Waals surface area (Å²) in [4.78, 5) is 28.1. The van der Waals surface area contributed by atoms with E-state index in [1.54, 1.807) is 42.6 Å². The number of amides is 1. The van der Waals surface area contributed by atoms with Gasteiger partial charge < -0.3 is 10.6 Å². The molecule has 1 aromatic heterocycles. The summed E-state index contributed by atoms with van der Waals surface area (Å²) < 4.78 is 0. The largest absolute Gasteiger partial charge is 0.354 e. The van der Waals surface area contributed by atoms with Crippen molar-refractivity contribution in [3.05, 3.63) is 82.6 Å². The highest BCUT2D eigenvalue weighted by Crippen LogP contribution is 2.21. The van der Waals surface area contributed by atoms with Gasteiger partial charge in [0.25, 0.3) is 5.91 Å². The Balaban J connectivity index is 1.71. The van der Waals surface area contributed by atoms with E-state index in [1.807, 2.05) is 25.1 Å². The van der Waals surface area contributed by atoms with Crippen LogP contribution >= 0.6 is 11.6 Å². The molecule has 0 bridgehead atoms. The normalized spacial score (nSPS) is 10.3. The van der Waals surface area contributed by atoms with Crippen molar-refractivity contribution in [1.82, 2.24) is 4.98 Å². The number of halogens is 1. The molecule has 2 N–H and O–H groups in total. The number of rotatable bonds is 5. The average Bonchev–Trinajstić information content (AvgIpc) is 2.65. The molecule has 1 amide bonds. The first-order valence-electron chi connectivity index (χ1n) is 8.34. The highest BCUT2D eigenvalue weighted by Gasteiger charge is 2.10. The molecular formula is C21H18ClN3O2. The zero-order valence-corrected chi connectivity index (χ0v) is 15.7. The lowest BCUT2D eigenvalue weighted by Crippen LogP contribution is -2.14. The number of nitrogens with one attached hydrogen (secondary N) is 2. The van der Waals surface area contributed by atoms with Gasteiger partial charge in [-0.25, -0.2) is 4.98 Å². The average molecular weight is 380 g/mol. The summed E-state index contributed by atoms with van der Waals surface area (Å²) in [5.74, 6) is -0.314. The maximum atomic E-state index is 12.4. The predicted molar refractivity (Wildman–Crippen MR) is 108 cm³/mol. The fourth-order valence-corrected chi connectivity index (χ4v) is 2.67. The monoisotopic (exact) mass is 379 g/mol. The van der Waals surface area contributed by atoms with E-state index in [9.17, 15) is 9.59 Å². The molecule has 27 heavy (non-hydrogen) atoms. The zero-order valence-electron chi connectivity index (χ0n) is 14.9. The van der Waals surface area contributed by atoms with Crippen LogP contribution in [0.2, 0.25) is 5.02 Å². The summed E-state index contributed by atoms with van der Waals surface area (Å²) in [6.07, 6.45) is 1.57. The number of anilines is 3. The summed E-state index contributed by atoms with van der Waals surface area (Å²) in [7, 11) is 0. The Morgan fingerprint density at radius 2 is 1.81 bits per heavy atom. The number of carbonyl (C=O) groups is 2. The van der Waals surface area contributed by atoms with Crippen molar-refractivity contribution in [3.8, 4) is 0 Å². The maximum absolute atomic E-state index is 12.4. The molecule has 0 aliphatic carbocycles. The molecule has 0 saturated heterocycles. The van der Waals surface area contributed by atoms with Gasteiger partial charge in [0.1, 0.15) is 5.69 Å². The second kappa shape index (κ2) is 8.01. The molecule has 0 spiro atoms. The molecular weight excluding hydrogens is 362 g/mol. The van der Waals surface area contributed by atoms with Crippen LogP contribution in [0.1, 0.15) is 33.3 Å². The van der Waals surface area contributed by atoms with Gasteiger partial charge in [-0.15, -0.1) is 0 Å².